The molecule has 2 aromatic carbocycles. The highest BCUT2D eigenvalue weighted by Crippen LogP contribution is 2.21. The van der Waals surface area contributed by atoms with Crippen LogP contribution >= 0.6 is 0 Å². The molecule has 0 aromatic heterocycles. The molecule has 134 valence electrons. The molecule has 0 saturated carbocycles. The Kier molecular flexibility index (Phi) is 6.73. The molecule has 7 heteroatoms. The zero-order valence-corrected chi connectivity index (χ0v) is 13.4. The lowest BCUT2D eigenvalue weighted by Crippen LogP contribution is -2.45. The Morgan fingerprint density at radius 3 is 2.48 bits per heavy atom. The van der Waals surface area contributed by atoms with Crippen molar-refractivity contribution in [1.29, 1.82) is 0 Å². The maximum absolute atomic E-state index is 14.2. The number of aliphatic hydroxyl groups is 2. The van der Waals surface area contributed by atoms with Gasteiger partial charge < -0.3 is 25.4 Å². The maximum Gasteiger partial charge on any atom is 0.404 e. The smallest absolute Gasteiger partial charge is 0.404 e. The molecule has 0 unspecified atom stereocenters. The first-order valence-electron chi connectivity index (χ1n) is 7.73. The van der Waals surface area contributed by atoms with Gasteiger partial charge in [0.1, 0.15) is 6.61 Å². The largest absolute Gasteiger partial charge is 0.486 e. The minimum Gasteiger partial charge on any atom is -0.486 e. The van der Waals surface area contributed by atoms with Crippen LogP contribution in [0.4, 0.5) is 9.18 Å². The summed E-state index contributed by atoms with van der Waals surface area (Å²) in [7, 11) is 0. The van der Waals surface area contributed by atoms with Crippen LogP contribution in [-0.4, -0.2) is 40.2 Å². The Morgan fingerprint density at radius 2 is 1.88 bits per heavy atom. The SMILES string of the molecule is O=C(O)N[C@@H](Cc1ccc(OCc2ccccc2)c(F)c1)[C@H](O)CO. The molecule has 0 aliphatic rings. The lowest BCUT2D eigenvalue weighted by molar-refractivity contribution is 0.0622. The van der Waals surface area contributed by atoms with Crippen LogP contribution in [-0.2, 0) is 13.0 Å². The van der Waals surface area contributed by atoms with Gasteiger partial charge in [0.25, 0.3) is 0 Å². The number of hydrogen-bond acceptors (Lipinski definition) is 4. The second kappa shape index (κ2) is 9.00. The number of hydrogen-bond donors (Lipinski definition) is 4. The molecule has 0 bridgehead atoms. The Balaban J connectivity index is 2.03. The second-order valence-corrected chi connectivity index (χ2v) is 5.55. The van der Waals surface area contributed by atoms with E-state index in [1.807, 2.05) is 30.3 Å². The van der Waals surface area contributed by atoms with Crippen molar-refractivity contribution in [3.8, 4) is 5.75 Å². The summed E-state index contributed by atoms with van der Waals surface area (Å²) >= 11 is 0. The third-order valence-electron chi connectivity index (χ3n) is 3.65. The maximum atomic E-state index is 14.2. The lowest BCUT2D eigenvalue weighted by atomic mass is 10.0. The molecule has 0 spiro atoms. The van der Waals surface area contributed by atoms with E-state index in [-0.39, 0.29) is 18.8 Å². The summed E-state index contributed by atoms with van der Waals surface area (Å²) in [5, 5.41) is 29.6. The van der Waals surface area contributed by atoms with Crippen molar-refractivity contribution in [1.82, 2.24) is 5.32 Å². The van der Waals surface area contributed by atoms with E-state index < -0.39 is 30.7 Å². The number of rotatable bonds is 8. The van der Waals surface area contributed by atoms with E-state index in [9.17, 15) is 14.3 Å². The summed E-state index contributed by atoms with van der Waals surface area (Å²) < 4.78 is 19.6. The quantitative estimate of drug-likeness (QED) is 0.584. The third-order valence-corrected chi connectivity index (χ3v) is 3.65. The third kappa shape index (κ3) is 5.74. The van der Waals surface area contributed by atoms with Crippen molar-refractivity contribution in [3.05, 3.63) is 65.5 Å². The van der Waals surface area contributed by atoms with Crippen molar-refractivity contribution in [2.75, 3.05) is 6.61 Å². The van der Waals surface area contributed by atoms with E-state index in [1.165, 1.54) is 12.1 Å². The average molecular weight is 349 g/mol. The van der Waals surface area contributed by atoms with E-state index in [4.69, 9.17) is 14.9 Å². The second-order valence-electron chi connectivity index (χ2n) is 5.55. The fourth-order valence-corrected chi connectivity index (χ4v) is 2.35. The minimum atomic E-state index is -1.33. The Bertz CT molecular complexity index is 695. The number of ether oxygens (including phenoxy) is 1. The summed E-state index contributed by atoms with van der Waals surface area (Å²) in [6, 6.07) is 12.6. The first kappa shape index (κ1) is 18.7. The fourth-order valence-electron chi connectivity index (χ4n) is 2.35. The highest BCUT2D eigenvalue weighted by atomic mass is 19.1. The average Bonchev–Trinajstić information content (AvgIpc) is 2.60. The van der Waals surface area contributed by atoms with Gasteiger partial charge in [-0.2, -0.15) is 0 Å². The molecule has 0 aliphatic heterocycles. The van der Waals surface area contributed by atoms with Gasteiger partial charge in [-0.25, -0.2) is 9.18 Å². The van der Waals surface area contributed by atoms with Gasteiger partial charge >= 0.3 is 6.09 Å². The molecule has 6 nitrogen and oxygen atoms in total. The van der Waals surface area contributed by atoms with Crippen LogP contribution < -0.4 is 10.1 Å². The van der Waals surface area contributed by atoms with Gasteiger partial charge in [-0.15, -0.1) is 0 Å². The summed E-state index contributed by atoms with van der Waals surface area (Å²) in [5.74, 6) is -0.501. The van der Waals surface area contributed by atoms with Gasteiger partial charge in [-0.05, 0) is 29.7 Å². The standard InChI is InChI=1S/C18H20FNO5/c19-14-8-13(9-15(16(22)10-21)20-18(23)24)6-7-17(14)25-11-12-4-2-1-3-5-12/h1-8,15-16,20-22H,9-11H2,(H,23,24)/t15-,16+/m0/s1. The highest BCUT2D eigenvalue weighted by molar-refractivity contribution is 5.65. The van der Waals surface area contributed by atoms with Gasteiger partial charge in [0.15, 0.2) is 11.6 Å². The van der Waals surface area contributed by atoms with Crippen LogP contribution in [0.2, 0.25) is 0 Å². The molecule has 25 heavy (non-hydrogen) atoms. The molecule has 0 fully saturated rings. The Labute approximate surface area is 144 Å². The minimum absolute atomic E-state index is 0.0317. The topological polar surface area (TPSA) is 99.0 Å². The monoisotopic (exact) mass is 349 g/mol. The fraction of sp³-hybridized carbons (Fsp3) is 0.278. The summed E-state index contributed by atoms with van der Waals surface area (Å²) in [5.41, 5.74) is 1.37. The number of carboxylic acid groups (broad SMARTS) is 1. The number of benzene rings is 2. The molecular weight excluding hydrogens is 329 g/mol. The molecule has 2 rings (SSSR count). The summed E-state index contributed by atoms with van der Waals surface area (Å²) in [6.45, 7) is -0.380. The van der Waals surface area contributed by atoms with Crippen molar-refractivity contribution in [3.63, 3.8) is 0 Å². The molecular formula is C18H20FNO5. The Hall–Kier alpha value is -2.64. The first-order valence-corrected chi connectivity index (χ1v) is 7.73. The predicted octanol–water partition coefficient (Wildman–Crippen LogP) is 1.94. The van der Waals surface area contributed by atoms with Crippen LogP contribution in [0.5, 0.6) is 5.75 Å². The zero-order valence-electron chi connectivity index (χ0n) is 13.4. The zero-order chi connectivity index (χ0) is 18.2. The van der Waals surface area contributed by atoms with Crippen LogP contribution in [0, 0.1) is 5.82 Å². The number of amides is 1. The van der Waals surface area contributed by atoms with E-state index in [0.29, 0.717) is 5.56 Å². The molecule has 4 N–H and O–H groups in total. The van der Waals surface area contributed by atoms with E-state index >= 15 is 0 Å². The molecule has 0 radical (unpaired) electrons. The van der Waals surface area contributed by atoms with Crippen LogP contribution in [0.3, 0.4) is 0 Å². The van der Waals surface area contributed by atoms with Crippen molar-refractivity contribution >= 4 is 6.09 Å². The molecule has 1 amide bonds. The van der Waals surface area contributed by atoms with Gasteiger partial charge in [-0.3, -0.25) is 0 Å². The van der Waals surface area contributed by atoms with E-state index in [1.54, 1.807) is 6.07 Å². The number of carbonyl (C=O) groups is 1. The number of halogens is 1. The van der Waals surface area contributed by atoms with Crippen LogP contribution in [0.15, 0.2) is 48.5 Å². The van der Waals surface area contributed by atoms with Crippen LogP contribution in [0.25, 0.3) is 0 Å². The van der Waals surface area contributed by atoms with E-state index in [2.05, 4.69) is 5.32 Å². The van der Waals surface area contributed by atoms with Gasteiger partial charge in [0.05, 0.1) is 18.8 Å². The van der Waals surface area contributed by atoms with Gasteiger partial charge in [-0.1, -0.05) is 36.4 Å². The molecule has 0 aliphatic carbocycles. The van der Waals surface area contributed by atoms with Crippen molar-refractivity contribution in [2.24, 2.45) is 0 Å². The van der Waals surface area contributed by atoms with Crippen molar-refractivity contribution in [2.45, 2.75) is 25.2 Å². The number of nitrogens with one attached hydrogen (secondary N) is 1. The van der Waals surface area contributed by atoms with Crippen LogP contribution in [0.1, 0.15) is 11.1 Å². The highest BCUT2D eigenvalue weighted by Gasteiger charge is 2.21. The van der Waals surface area contributed by atoms with Gasteiger partial charge in [0.2, 0.25) is 0 Å². The Morgan fingerprint density at radius 1 is 1.16 bits per heavy atom. The lowest BCUT2D eigenvalue weighted by Gasteiger charge is -2.21. The number of aliphatic hydroxyl groups excluding tert-OH is 2. The summed E-state index contributed by atoms with van der Waals surface area (Å²) in [4.78, 5) is 10.8. The molecule has 2 aromatic rings. The molecule has 0 heterocycles. The predicted molar refractivity (Wildman–Crippen MR) is 88.9 cm³/mol. The van der Waals surface area contributed by atoms with Gasteiger partial charge in [0, 0.05) is 0 Å². The molecule has 0 saturated heterocycles. The van der Waals surface area contributed by atoms with Crippen molar-refractivity contribution < 1.29 is 29.2 Å². The summed E-state index contributed by atoms with van der Waals surface area (Å²) in [6.07, 6.45) is -2.59. The molecule has 2 atom stereocenters. The first-order chi connectivity index (χ1) is 12.0. The normalized spacial score (nSPS) is 13.1. The van der Waals surface area contributed by atoms with E-state index in [0.717, 1.165) is 5.56 Å².